The van der Waals surface area contributed by atoms with Gasteiger partial charge >= 0.3 is 0 Å². The molecule has 2 unspecified atom stereocenters. The Morgan fingerprint density at radius 1 is 1.42 bits per heavy atom. The van der Waals surface area contributed by atoms with Crippen LogP contribution in [0.15, 0.2) is 24.3 Å². The Morgan fingerprint density at radius 3 is 2.74 bits per heavy atom. The highest BCUT2D eigenvalue weighted by Gasteiger charge is 2.26. The zero-order chi connectivity index (χ0) is 13.7. The number of hydrogen-bond acceptors (Lipinski definition) is 4. The summed E-state index contributed by atoms with van der Waals surface area (Å²) in [5.41, 5.74) is 7.23. The molecule has 106 valence electrons. The van der Waals surface area contributed by atoms with Crippen LogP contribution in [-0.4, -0.2) is 43.9 Å². The average Bonchev–Trinajstić information content (AvgIpc) is 2.44. The first-order valence-electron chi connectivity index (χ1n) is 7.02. The van der Waals surface area contributed by atoms with Gasteiger partial charge in [0.05, 0.1) is 19.8 Å². The minimum atomic E-state index is 0.259. The summed E-state index contributed by atoms with van der Waals surface area (Å²) in [4.78, 5) is 2.43. The standard InChI is InChI=1S/C15H24N2O2/c1-3-19-14-6-4-13(5-7-14)15(10-16)17-8-9-18-11-12(17)2/h4-7,12,15H,3,8-11,16H2,1-2H3. The third-order valence-electron chi connectivity index (χ3n) is 3.62. The van der Waals surface area contributed by atoms with E-state index in [2.05, 4.69) is 24.0 Å². The van der Waals surface area contributed by atoms with Crippen LogP contribution in [-0.2, 0) is 4.74 Å². The van der Waals surface area contributed by atoms with Crippen LogP contribution in [0, 0.1) is 0 Å². The van der Waals surface area contributed by atoms with Crippen molar-refractivity contribution in [2.45, 2.75) is 25.9 Å². The topological polar surface area (TPSA) is 47.7 Å². The fourth-order valence-corrected chi connectivity index (χ4v) is 2.62. The number of nitrogens with two attached hydrogens (primary N) is 1. The van der Waals surface area contributed by atoms with Crippen molar-refractivity contribution >= 4 is 0 Å². The van der Waals surface area contributed by atoms with Crippen LogP contribution in [0.3, 0.4) is 0 Å². The number of morpholine rings is 1. The lowest BCUT2D eigenvalue weighted by molar-refractivity contribution is -0.0209. The summed E-state index contributed by atoms with van der Waals surface area (Å²) in [7, 11) is 0. The van der Waals surface area contributed by atoms with E-state index in [-0.39, 0.29) is 6.04 Å². The van der Waals surface area contributed by atoms with Gasteiger partial charge in [0.25, 0.3) is 0 Å². The van der Waals surface area contributed by atoms with Crippen molar-refractivity contribution < 1.29 is 9.47 Å². The van der Waals surface area contributed by atoms with Gasteiger partial charge in [-0.05, 0) is 31.5 Å². The minimum Gasteiger partial charge on any atom is -0.494 e. The Bertz CT molecular complexity index is 380. The van der Waals surface area contributed by atoms with E-state index in [1.165, 1.54) is 5.56 Å². The highest BCUT2D eigenvalue weighted by Crippen LogP contribution is 2.25. The second-order valence-electron chi connectivity index (χ2n) is 4.92. The molecule has 2 atom stereocenters. The van der Waals surface area contributed by atoms with E-state index in [0.717, 1.165) is 25.5 Å². The van der Waals surface area contributed by atoms with Gasteiger partial charge in [0.2, 0.25) is 0 Å². The Kier molecular flexibility index (Phi) is 5.19. The molecule has 19 heavy (non-hydrogen) atoms. The van der Waals surface area contributed by atoms with Gasteiger partial charge in [-0.3, -0.25) is 4.90 Å². The highest BCUT2D eigenvalue weighted by molar-refractivity contribution is 5.29. The van der Waals surface area contributed by atoms with Gasteiger partial charge in [0.15, 0.2) is 0 Å². The molecule has 0 aliphatic carbocycles. The molecular formula is C15H24N2O2. The third kappa shape index (κ3) is 3.47. The molecule has 1 aromatic carbocycles. The molecule has 2 rings (SSSR count). The molecule has 1 aliphatic heterocycles. The van der Waals surface area contributed by atoms with Crippen LogP contribution in [0.25, 0.3) is 0 Å². The van der Waals surface area contributed by atoms with E-state index in [9.17, 15) is 0 Å². The lowest BCUT2D eigenvalue weighted by Crippen LogP contribution is -2.47. The largest absolute Gasteiger partial charge is 0.494 e. The molecule has 2 N–H and O–H groups in total. The van der Waals surface area contributed by atoms with Crippen molar-refractivity contribution in [2.75, 3.05) is 32.9 Å². The fourth-order valence-electron chi connectivity index (χ4n) is 2.62. The number of nitrogens with zero attached hydrogens (tertiary/aromatic N) is 1. The number of rotatable bonds is 5. The Hall–Kier alpha value is -1.10. The minimum absolute atomic E-state index is 0.259. The zero-order valence-electron chi connectivity index (χ0n) is 11.8. The van der Waals surface area contributed by atoms with Gasteiger partial charge < -0.3 is 15.2 Å². The van der Waals surface area contributed by atoms with E-state index in [4.69, 9.17) is 15.2 Å². The van der Waals surface area contributed by atoms with Crippen molar-refractivity contribution in [3.05, 3.63) is 29.8 Å². The summed E-state index contributed by atoms with van der Waals surface area (Å²) in [6.07, 6.45) is 0. The second kappa shape index (κ2) is 6.89. The Morgan fingerprint density at radius 2 is 2.16 bits per heavy atom. The molecular weight excluding hydrogens is 240 g/mol. The molecule has 4 nitrogen and oxygen atoms in total. The molecule has 0 saturated carbocycles. The SMILES string of the molecule is CCOc1ccc(C(CN)N2CCOCC2C)cc1. The molecule has 1 aliphatic rings. The first-order valence-corrected chi connectivity index (χ1v) is 7.02. The predicted octanol–water partition coefficient (Wildman–Crippen LogP) is 1.81. The number of benzene rings is 1. The fraction of sp³-hybridized carbons (Fsp3) is 0.600. The van der Waals surface area contributed by atoms with Crippen molar-refractivity contribution in [3.8, 4) is 5.75 Å². The molecule has 0 spiro atoms. The average molecular weight is 264 g/mol. The maximum atomic E-state index is 5.98. The van der Waals surface area contributed by atoms with Crippen LogP contribution < -0.4 is 10.5 Å². The van der Waals surface area contributed by atoms with Gasteiger partial charge in [-0.2, -0.15) is 0 Å². The molecule has 1 heterocycles. The van der Waals surface area contributed by atoms with E-state index in [0.29, 0.717) is 19.2 Å². The van der Waals surface area contributed by atoms with E-state index < -0.39 is 0 Å². The molecule has 0 radical (unpaired) electrons. The maximum Gasteiger partial charge on any atom is 0.119 e. The molecule has 1 saturated heterocycles. The summed E-state index contributed by atoms with van der Waals surface area (Å²) >= 11 is 0. The number of hydrogen-bond donors (Lipinski definition) is 1. The molecule has 0 bridgehead atoms. The smallest absolute Gasteiger partial charge is 0.119 e. The molecule has 1 fully saturated rings. The third-order valence-corrected chi connectivity index (χ3v) is 3.62. The molecule has 4 heteroatoms. The van der Waals surface area contributed by atoms with Crippen molar-refractivity contribution in [3.63, 3.8) is 0 Å². The normalized spacial score (nSPS) is 22.2. The lowest BCUT2D eigenvalue weighted by atomic mass is 10.0. The summed E-state index contributed by atoms with van der Waals surface area (Å²) in [5, 5.41) is 0. The quantitative estimate of drug-likeness (QED) is 0.881. The molecule has 1 aromatic rings. The first-order chi connectivity index (χ1) is 9.26. The van der Waals surface area contributed by atoms with Gasteiger partial charge in [-0.15, -0.1) is 0 Å². The Labute approximate surface area is 115 Å². The summed E-state index contributed by atoms with van der Waals surface area (Å²) < 4.78 is 11.0. The lowest BCUT2D eigenvalue weighted by Gasteiger charge is -2.39. The predicted molar refractivity (Wildman–Crippen MR) is 76.4 cm³/mol. The highest BCUT2D eigenvalue weighted by atomic mass is 16.5. The summed E-state index contributed by atoms with van der Waals surface area (Å²) in [5.74, 6) is 0.914. The van der Waals surface area contributed by atoms with Crippen LogP contribution >= 0.6 is 0 Å². The van der Waals surface area contributed by atoms with Gasteiger partial charge in [-0.1, -0.05) is 12.1 Å². The number of ether oxygens (including phenoxy) is 2. The van der Waals surface area contributed by atoms with Crippen LogP contribution in [0.2, 0.25) is 0 Å². The second-order valence-corrected chi connectivity index (χ2v) is 4.92. The van der Waals surface area contributed by atoms with Crippen LogP contribution in [0.4, 0.5) is 0 Å². The van der Waals surface area contributed by atoms with Gasteiger partial charge in [-0.25, -0.2) is 0 Å². The van der Waals surface area contributed by atoms with Crippen molar-refractivity contribution in [1.82, 2.24) is 4.90 Å². The van der Waals surface area contributed by atoms with Gasteiger partial charge in [0, 0.05) is 25.2 Å². The van der Waals surface area contributed by atoms with Gasteiger partial charge in [0.1, 0.15) is 5.75 Å². The van der Waals surface area contributed by atoms with E-state index in [1.54, 1.807) is 0 Å². The monoisotopic (exact) mass is 264 g/mol. The van der Waals surface area contributed by atoms with Crippen LogP contribution in [0.5, 0.6) is 5.75 Å². The Balaban J connectivity index is 2.11. The summed E-state index contributed by atoms with van der Waals surface area (Å²) in [6, 6.07) is 8.94. The van der Waals surface area contributed by atoms with Crippen molar-refractivity contribution in [1.29, 1.82) is 0 Å². The van der Waals surface area contributed by atoms with Crippen molar-refractivity contribution in [2.24, 2.45) is 5.73 Å². The molecule has 0 aromatic heterocycles. The van der Waals surface area contributed by atoms with E-state index in [1.807, 2.05) is 19.1 Å². The van der Waals surface area contributed by atoms with E-state index >= 15 is 0 Å². The zero-order valence-corrected chi connectivity index (χ0v) is 11.8. The van der Waals surface area contributed by atoms with Crippen LogP contribution in [0.1, 0.15) is 25.5 Å². The summed E-state index contributed by atoms with van der Waals surface area (Å²) in [6.45, 7) is 8.02. The maximum absolute atomic E-state index is 5.98. The first kappa shape index (κ1) is 14.3. The molecule has 0 amide bonds.